The van der Waals surface area contributed by atoms with Crippen LogP contribution in [-0.2, 0) is 19.1 Å². The molecule has 0 radical (unpaired) electrons. The van der Waals surface area contributed by atoms with Crippen molar-refractivity contribution in [2.75, 3.05) is 44.2 Å². The largest absolute Gasteiger partial charge is 0.459 e. The zero-order chi connectivity index (χ0) is 23.9. The van der Waals surface area contributed by atoms with E-state index in [9.17, 15) is 14.4 Å². The molecule has 34 heavy (non-hydrogen) atoms. The molecule has 2 amide bonds. The molecule has 0 spiro atoms. The van der Waals surface area contributed by atoms with Crippen molar-refractivity contribution in [1.29, 1.82) is 0 Å². The van der Waals surface area contributed by atoms with Gasteiger partial charge in [-0.25, -0.2) is 4.98 Å². The molecule has 8 heteroatoms. The maximum Gasteiger partial charge on any atom is 0.306 e. The number of likely N-dealkylation sites (tertiary alicyclic amines) is 1. The van der Waals surface area contributed by atoms with Crippen LogP contribution in [-0.4, -0.2) is 77.9 Å². The lowest BCUT2D eigenvalue weighted by atomic mass is 9.85. The first-order chi connectivity index (χ1) is 16.6. The summed E-state index contributed by atoms with van der Waals surface area (Å²) in [5.74, 6) is -0.0485. The van der Waals surface area contributed by atoms with E-state index in [2.05, 4.69) is 21.7 Å². The molecule has 0 N–H and O–H groups in total. The summed E-state index contributed by atoms with van der Waals surface area (Å²) >= 11 is 0. The van der Waals surface area contributed by atoms with E-state index in [1.807, 2.05) is 30.4 Å². The van der Waals surface area contributed by atoms with Crippen LogP contribution < -0.4 is 4.90 Å². The number of ether oxygens (including phenoxy) is 1. The van der Waals surface area contributed by atoms with E-state index in [1.54, 1.807) is 6.20 Å². The molecule has 3 aliphatic rings. The molecule has 2 aliphatic heterocycles. The van der Waals surface area contributed by atoms with Gasteiger partial charge in [0, 0.05) is 45.3 Å². The van der Waals surface area contributed by atoms with E-state index < -0.39 is 6.10 Å². The second-order valence-corrected chi connectivity index (χ2v) is 9.49. The highest BCUT2D eigenvalue weighted by Gasteiger charge is 2.48. The molecule has 1 aliphatic carbocycles. The average Bonchev–Trinajstić information content (AvgIpc) is 3.10. The van der Waals surface area contributed by atoms with Crippen LogP contribution in [0.4, 0.5) is 5.82 Å². The van der Waals surface area contributed by atoms with Crippen molar-refractivity contribution in [3.8, 4) is 0 Å². The predicted octanol–water partition coefficient (Wildman–Crippen LogP) is 2.65. The van der Waals surface area contributed by atoms with Gasteiger partial charge in [0.05, 0.1) is 18.4 Å². The van der Waals surface area contributed by atoms with Crippen molar-refractivity contribution in [2.45, 2.75) is 51.6 Å². The third-order valence-electron chi connectivity index (χ3n) is 7.08. The van der Waals surface area contributed by atoms with Crippen molar-refractivity contribution in [3.05, 3.63) is 36.5 Å². The number of carbonyl (C=O) groups is 3. The molecule has 4 rings (SSSR count). The Balaban J connectivity index is 1.37. The summed E-state index contributed by atoms with van der Waals surface area (Å²) < 4.78 is 5.86. The van der Waals surface area contributed by atoms with Gasteiger partial charge in [-0.05, 0) is 31.4 Å². The zero-order valence-electron chi connectivity index (χ0n) is 20.1. The molecule has 3 heterocycles. The number of carbonyl (C=O) groups excluding carboxylic acids is 3. The van der Waals surface area contributed by atoms with E-state index in [-0.39, 0.29) is 36.2 Å². The first-order valence-electron chi connectivity index (χ1n) is 12.6. The van der Waals surface area contributed by atoms with Gasteiger partial charge < -0.3 is 9.64 Å². The van der Waals surface area contributed by atoms with Gasteiger partial charge in [0.15, 0.2) is 0 Å². The van der Waals surface area contributed by atoms with Gasteiger partial charge in [-0.1, -0.05) is 38.0 Å². The minimum atomic E-state index is -0.517. The Hall–Kier alpha value is -2.74. The quantitative estimate of drug-likeness (QED) is 0.226. The van der Waals surface area contributed by atoms with E-state index >= 15 is 0 Å². The van der Waals surface area contributed by atoms with Crippen LogP contribution in [0.25, 0.3) is 0 Å². The Morgan fingerprint density at radius 2 is 1.74 bits per heavy atom. The zero-order valence-corrected chi connectivity index (χ0v) is 20.1. The summed E-state index contributed by atoms with van der Waals surface area (Å²) in [5, 5.41) is 0. The molecule has 1 unspecified atom stereocenters. The van der Waals surface area contributed by atoms with Gasteiger partial charge in [0.2, 0.25) is 11.8 Å². The summed E-state index contributed by atoms with van der Waals surface area (Å²) in [4.78, 5) is 48.8. The Labute approximate surface area is 201 Å². The van der Waals surface area contributed by atoms with E-state index in [0.717, 1.165) is 51.3 Å². The van der Waals surface area contributed by atoms with Crippen LogP contribution >= 0.6 is 0 Å². The summed E-state index contributed by atoms with van der Waals surface area (Å²) in [6.45, 7) is 6.01. The minimum Gasteiger partial charge on any atom is -0.459 e. The SMILES string of the molecule is CCCCCC(=O)OC(CN1CCN(c2ccccn2)CC1)CN1C(=O)[C@H]2CC=CC[C@H]2C1=O. The fourth-order valence-electron chi connectivity index (χ4n) is 5.14. The smallest absolute Gasteiger partial charge is 0.306 e. The van der Waals surface area contributed by atoms with Crippen LogP contribution in [0.1, 0.15) is 45.4 Å². The first-order valence-corrected chi connectivity index (χ1v) is 12.6. The second kappa shape index (κ2) is 11.6. The molecule has 1 aromatic rings. The number of hydrogen-bond donors (Lipinski definition) is 0. The monoisotopic (exact) mass is 468 g/mol. The van der Waals surface area contributed by atoms with Crippen LogP contribution in [0.2, 0.25) is 0 Å². The maximum absolute atomic E-state index is 13.0. The number of aromatic nitrogens is 1. The summed E-state index contributed by atoms with van der Waals surface area (Å²) in [5.41, 5.74) is 0. The molecule has 2 saturated heterocycles. The Kier molecular flexibility index (Phi) is 8.32. The van der Waals surface area contributed by atoms with Crippen molar-refractivity contribution >= 4 is 23.6 Å². The Morgan fingerprint density at radius 1 is 1.03 bits per heavy atom. The number of fused-ring (bicyclic) bond motifs is 1. The van der Waals surface area contributed by atoms with Gasteiger partial charge in [-0.2, -0.15) is 0 Å². The molecule has 3 atom stereocenters. The number of anilines is 1. The molecule has 0 bridgehead atoms. The number of piperazine rings is 1. The van der Waals surface area contributed by atoms with Crippen molar-refractivity contribution in [1.82, 2.24) is 14.8 Å². The fourth-order valence-corrected chi connectivity index (χ4v) is 5.14. The van der Waals surface area contributed by atoms with Crippen molar-refractivity contribution in [3.63, 3.8) is 0 Å². The van der Waals surface area contributed by atoms with Crippen LogP contribution in [0.15, 0.2) is 36.5 Å². The number of nitrogens with zero attached hydrogens (tertiary/aromatic N) is 4. The number of allylic oxidation sites excluding steroid dienone is 2. The fraction of sp³-hybridized carbons (Fsp3) is 0.615. The van der Waals surface area contributed by atoms with Gasteiger partial charge >= 0.3 is 5.97 Å². The van der Waals surface area contributed by atoms with Gasteiger partial charge in [0.1, 0.15) is 11.9 Å². The number of amides is 2. The number of imide groups is 1. The summed E-state index contributed by atoms with van der Waals surface area (Å²) in [6.07, 6.45) is 9.66. The highest BCUT2D eigenvalue weighted by molar-refractivity contribution is 6.05. The van der Waals surface area contributed by atoms with Crippen LogP contribution in [0.3, 0.4) is 0 Å². The van der Waals surface area contributed by atoms with E-state index in [1.165, 1.54) is 4.90 Å². The standard InChI is InChI=1S/C26H36N4O4/c1-2-3-4-12-24(31)34-20(19-30-25(32)21-9-5-6-10-22(21)26(30)33)18-28-14-16-29(17-15-28)23-11-7-8-13-27-23/h5-8,11,13,20-22H,2-4,9-10,12,14-19H2,1H3/t20?,21-,22+. The van der Waals surface area contributed by atoms with Gasteiger partial charge in [0.25, 0.3) is 0 Å². The number of hydrogen-bond acceptors (Lipinski definition) is 7. The van der Waals surface area contributed by atoms with Crippen molar-refractivity contribution in [2.24, 2.45) is 11.8 Å². The molecular weight excluding hydrogens is 432 g/mol. The van der Waals surface area contributed by atoms with E-state index in [0.29, 0.717) is 25.8 Å². The van der Waals surface area contributed by atoms with Gasteiger partial charge in [-0.3, -0.25) is 24.2 Å². The molecule has 184 valence electrons. The number of unbranched alkanes of at least 4 members (excludes halogenated alkanes) is 2. The molecule has 0 saturated carbocycles. The highest BCUT2D eigenvalue weighted by atomic mass is 16.5. The lowest BCUT2D eigenvalue weighted by Gasteiger charge is -2.37. The van der Waals surface area contributed by atoms with Crippen LogP contribution in [0.5, 0.6) is 0 Å². The molecule has 2 fully saturated rings. The maximum atomic E-state index is 13.0. The normalized spacial score (nSPS) is 23.8. The molecule has 1 aromatic heterocycles. The Morgan fingerprint density at radius 3 is 2.35 bits per heavy atom. The number of esters is 1. The van der Waals surface area contributed by atoms with Gasteiger partial charge in [-0.15, -0.1) is 0 Å². The minimum absolute atomic E-state index is 0.119. The van der Waals surface area contributed by atoms with Crippen molar-refractivity contribution < 1.29 is 19.1 Å². The Bertz CT molecular complexity index is 856. The summed E-state index contributed by atoms with van der Waals surface area (Å²) in [7, 11) is 0. The third kappa shape index (κ3) is 5.84. The lowest BCUT2D eigenvalue weighted by Crippen LogP contribution is -2.51. The molecule has 0 aromatic carbocycles. The van der Waals surface area contributed by atoms with Crippen LogP contribution in [0, 0.1) is 11.8 Å². The third-order valence-corrected chi connectivity index (χ3v) is 7.08. The highest BCUT2D eigenvalue weighted by Crippen LogP contribution is 2.35. The molecule has 8 nitrogen and oxygen atoms in total. The number of pyridine rings is 1. The topological polar surface area (TPSA) is 83.1 Å². The predicted molar refractivity (Wildman–Crippen MR) is 129 cm³/mol. The second-order valence-electron chi connectivity index (χ2n) is 9.49. The first kappa shape index (κ1) is 24.4. The molecular formula is C26H36N4O4. The average molecular weight is 469 g/mol. The number of rotatable bonds is 10. The van der Waals surface area contributed by atoms with E-state index in [4.69, 9.17) is 4.74 Å². The lowest BCUT2D eigenvalue weighted by molar-refractivity contribution is -0.155. The summed E-state index contributed by atoms with van der Waals surface area (Å²) in [6, 6.07) is 5.90.